The van der Waals surface area contributed by atoms with Crippen LogP contribution in [0.3, 0.4) is 0 Å². The molecular weight excluding hydrogens is 168 g/mol. The van der Waals surface area contributed by atoms with Gasteiger partial charge in [-0.1, -0.05) is 46.5 Å². The standard InChI is InChI=1S/C14H26/c1-4-5-6-7-8-9-10-11-12-13-14(2)3/h14H,4-8,11-13H2,1-3H3. The molecular formula is C14H26. The Labute approximate surface area is 90.5 Å². The van der Waals surface area contributed by atoms with E-state index in [-0.39, 0.29) is 0 Å². The highest BCUT2D eigenvalue weighted by Crippen LogP contribution is 2.05. The van der Waals surface area contributed by atoms with Crippen molar-refractivity contribution in [2.75, 3.05) is 0 Å². The topological polar surface area (TPSA) is 0 Å². The van der Waals surface area contributed by atoms with Gasteiger partial charge in [-0.15, -0.1) is 11.8 Å². The van der Waals surface area contributed by atoms with E-state index < -0.39 is 0 Å². The first kappa shape index (κ1) is 13.6. The van der Waals surface area contributed by atoms with Crippen molar-refractivity contribution in [1.82, 2.24) is 0 Å². The van der Waals surface area contributed by atoms with E-state index in [0.717, 1.165) is 18.8 Å². The Kier molecular flexibility index (Phi) is 10.3. The van der Waals surface area contributed by atoms with Crippen LogP contribution in [0.2, 0.25) is 0 Å². The molecule has 0 atom stereocenters. The second-order valence-electron chi connectivity index (χ2n) is 4.45. The molecule has 0 nitrogen and oxygen atoms in total. The number of rotatable bonds is 7. The molecule has 0 aromatic carbocycles. The summed E-state index contributed by atoms with van der Waals surface area (Å²) in [5.74, 6) is 7.37. The molecule has 0 N–H and O–H groups in total. The molecule has 0 saturated carbocycles. The molecule has 0 aliphatic carbocycles. The van der Waals surface area contributed by atoms with E-state index >= 15 is 0 Å². The van der Waals surface area contributed by atoms with Crippen LogP contribution >= 0.6 is 0 Å². The summed E-state index contributed by atoms with van der Waals surface area (Å²) in [5.41, 5.74) is 0. The first-order valence-corrected chi connectivity index (χ1v) is 6.23. The van der Waals surface area contributed by atoms with Crippen LogP contribution in [0.1, 0.15) is 72.1 Å². The summed E-state index contributed by atoms with van der Waals surface area (Å²) < 4.78 is 0. The van der Waals surface area contributed by atoms with Crippen molar-refractivity contribution in [1.29, 1.82) is 0 Å². The molecule has 0 heterocycles. The van der Waals surface area contributed by atoms with Gasteiger partial charge in [0.2, 0.25) is 0 Å². The van der Waals surface area contributed by atoms with Gasteiger partial charge in [-0.3, -0.25) is 0 Å². The largest absolute Gasteiger partial charge is 0.103 e. The van der Waals surface area contributed by atoms with Crippen molar-refractivity contribution in [3.8, 4) is 11.8 Å². The molecule has 0 heteroatoms. The van der Waals surface area contributed by atoms with Crippen LogP contribution < -0.4 is 0 Å². The van der Waals surface area contributed by atoms with Crippen molar-refractivity contribution in [2.45, 2.75) is 72.1 Å². The van der Waals surface area contributed by atoms with Crippen molar-refractivity contribution in [2.24, 2.45) is 5.92 Å². The quantitative estimate of drug-likeness (QED) is 0.404. The third kappa shape index (κ3) is 11.6. The molecule has 0 aromatic heterocycles. The van der Waals surface area contributed by atoms with Gasteiger partial charge in [0, 0.05) is 12.8 Å². The van der Waals surface area contributed by atoms with Gasteiger partial charge in [0.1, 0.15) is 0 Å². The third-order valence-corrected chi connectivity index (χ3v) is 2.36. The average Bonchev–Trinajstić information content (AvgIpc) is 2.15. The summed E-state index contributed by atoms with van der Waals surface area (Å²) in [6.07, 6.45) is 10.2. The van der Waals surface area contributed by atoms with E-state index in [0.29, 0.717) is 0 Å². The highest BCUT2D eigenvalue weighted by atomic mass is 14.0. The lowest BCUT2D eigenvalue weighted by Crippen LogP contribution is -1.85. The van der Waals surface area contributed by atoms with Gasteiger partial charge in [-0.05, 0) is 18.8 Å². The summed E-state index contributed by atoms with van der Waals surface area (Å²) in [4.78, 5) is 0. The number of hydrogen-bond donors (Lipinski definition) is 0. The van der Waals surface area contributed by atoms with E-state index in [1.165, 1.54) is 38.5 Å². The predicted molar refractivity (Wildman–Crippen MR) is 65.2 cm³/mol. The van der Waals surface area contributed by atoms with Gasteiger partial charge < -0.3 is 0 Å². The average molecular weight is 194 g/mol. The van der Waals surface area contributed by atoms with Crippen LogP contribution in [-0.2, 0) is 0 Å². The zero-order valence-electron chi connectivity index (χ0n) is 10.2. The van der Waals surface area contributed by atoms with Crippen LogP contribution in [0.15, 0.2) is 0 Å². The molecule has 82 valence electrons. The zero-order chi connectivity index (χ0) is 10.6. The second kappa shape index (κ2) is 10.6. The van der Waals surface area contributed by atoms with Crippen LogP contribution in [0.4, 0.5) is 0 Å². The van der Waals surface area contributed by atoms with E-state index in [1.54, 1.807) is 0 Å². The van der Waals surface area contributed by atoms with Crippen molar-refractivity contribution in [3.05, 3.63) is 0 Å². The van der Waals surface area contributed by atoms with Crippen molar-refractivity contribution in [3.63, 3.8) is 0 Å². The normalized spacial score (nSPS) is 10.0. The number of hydrogen-bond acceptors (Lipinski definition) is 0. The van der Waals surface area contributed by atoms with Crippen LogP contribution in [-0.4, -0.2) is 0 Å². The highest BCUT2D eigenvalue weighted by Gasteiger charge is 1.90. The van der Waals surface area contributed by atoms with Crippen LogP contribution in [0, 0.1) is 17.8 Å². The van der Waals surface area contributed by atoms with E-state index in [9.17, 15) is 0 Å². The molecule has 0 aliphatic heterocycles. The lowest BCUT2D eigenvalue weighted by Gasteiger charge is -1.99. The Bertz CT molecular complexity index is 157. The minimum Gasteiger partial charge on any atom is -0.103 e. The molecule has 0 radical (unpaired) electrons. The lowest BCUT2D eigenvalue weighted by atomic mass is 10.1. The summed E-state index contributed by atoms with van der Waals surface area (Å²) in [6, 6.07) is 0. The Morgan fingerprint density at radius 3 is 2.07 bits per heavy atom. The van der Waals surface area contributed by atoms with E-state index in [1.807, 2.05) is 0 Å². The molecule has 0 bridgehead atoms. The highest BCUT2D eigenvalue weighted by molar-refractivity contribution is 4.98. The maximum absolute atomic E-state index is 3.27. The summed E-state index contributed by atoms with van der Waals surface area (Å²) in [5, 5.41) is 0. The van der Waals surface area contributed by atoms with E-state index in [4.69, 9.17) is 0 Å². The lowest BCUT2D eigenvalue weighted by molar-refractivity contribution is 0.562. The maximum Gasteiger partial charge on any atom is 0.00887 e. The van der Waals surface area contributed by atoms with E-state index in [2.05, 4.69) is 32.6 Å². The van der Waals surface area contributed by atoms with Gasteiger partial charge >= 0.3 is 0 Å². The Hall–Kier alpha value is -0.440. The summed E-state index contributed by atoms with van der Waals surface area (Å²) >= 11 is 0. The zero-order valence-corrected chi connectivity index (χ0v) is 10.2. The third-order valence-electron chi connectivity index (χ3n) is 2.36. The van der Waals surface area contributed by atoms with Crippen molar-refractivity contribution < 1.29 is 0 Å². The smallest absolute Gasteiger partial charge is 0.00887 e. The summed E-state index contributed by atoms with van der Waals surface area (Å²) in [7, 11) is 0. The van der Waals surface area contributed by atoms with Gasteiger partial charge in [-0.2, -0.15) is 0 Å². The first-order valence-electron chi connectivity index (χ1n) is 6.23. The van der Waals surface area contributed by atoms with Gasteiger partial charge in [-0.25, -0.2) is 0 Å². The predicted octanol–water partition coefficient (Wildman–Crippen LogP) is 4.79. The molecule has 0 rings (SSSR count). The van der Waals surface area contributed by atoms with Crippen LogP contribution in [0.5, 0.6) is 0 Å². The minimum absolute atomic E-state index is 0.835. The molecule has 0 fully saturated rings. The van der Waals surface area contributed by atoms with Gasteiger partial charge in [0.05, 0.1) is 0 Å². The second-order valence-corrected chi connectivity index (χ2v) is 4.45. The number of unbranched alkanes of at least 4 members (excludes halogenated alkanes) is 5. The first-order chi connectivity index (χ1) is 6.77. The molecule has 0 saturated heterocycles. The Morgan fingerprint density at radius 2 is 1.50 bits per heavy atom. The van der Waals surface area contributed by atoms with Gasteiger partial charge in [0.25, 0.3) is 0 Å². The fourth-order valence-corrected chi connectivity index (χ4v) is 1.42. The molecule has 0 amide bonds. The summed E-state index contributed by atoms with van der Waals surface area (Å²) in [6.45, 7) is 6.80. The molecule has 0 spiro atoms. The molecule has 14 heavy (non-hydrogen) atoms. The maximum atomic E-state index is 3.27. The SMILES string of the molecule is CCCCCCC#CCCCC(C)C. The van der Waals surface area contributed by atoms with Crippen LogP contribution in [0.25, 0.3) is 0 Å². The molecule has 0 aromatic rings. The fraction of sp³-hybridized carbons (Fsp3) is 0.857. The monoisotopic (exact) mass is 194 g/mol. The minimum atomic E-state index is 0.835. The fourth-order valence-electron chi connectivity index (χ4n) is 1.42. The molecule has 0 unspecified atom stereocenters. The Balaban J connectivity index is 3.10. The van der Waals surface area contributed by atoms with Gasteiger partial charge in [0.15, 0.2) is 0 Å². The Morgan fingerprint density at radius 1 is 0.857 bits per heavy atom. The van der Waals surface area contributed by atoms with Crippen molar-refractivity contribution >= 4 is 0 Å². The molecule has 0 aliphatic rings.